The van der Waals surface area contributed by atoms with Crippen LogP contribution in [0, 0.1) is 0 Å². The summed E-state index contributed by atoms with van der Waals surface area (Å²) in [7, 11) is 0. The Morgan fingerprint density at radius 2 is 2.00 bits per heavy atom. The molecule has 1 N–H and O–H groups in total. The predicted octanol–water partition coefficient (Wildman–Crippen LogP) is 3.30. The molecule has 0 radical (unpaired) electrons. The molecular weight excluding hydrogens is 266 g/mol. The lowest BCUT2D eigenvalue weighted by Gasteiger charge is -2.11. The summed E-state index contributed by atoms with van der Waals surface area (Å²) in [5.74, 6) is 0.707. The van der Waals surface area contributed by atoms with Crippen molar-refractivity contribution in [3.8, 4) is 5.75 Å². The molecule has 0 bridgehead atoms. The number of halogens is 2. The number of benzene rings is 1. The summed E-state index contributed by atoms with van der Waals surface area (Å²) in [5, 5.41) is 9.66. The van der Waals surface area contributed by atoms with Crippen LogP contribution in [0.4, 0.5) is 8.78 Å². The van der Waals surface area contributed by atoms with E-state index in [2.05, 4.69) is 4.98 Å². The highest BCUT2D eigenvalue weighted by Crippen LogP contribution is 2.21. The van der Waals surface area contributed by atoms with Gasteiger partial charge in [0, 0.05) is 12.4 Å². The Balaban J connectivity index is 1.99. The quantitative estimate of drug-likeness (QED) is 0.884. The number of rotatable bonds is 6. The standard InChI is InChI=1S/C14H16F2N2O2/c1-2-12(19)10-3-5-11(6-4-10)20-9-13-17-7-8-18(13)14(15)16/h3-8,12,14,19H,2,9H2,1H3. The molecule has 1 unspecified atom stereocenters. The molecule has 1 heterocycles. The van der Waals surface area contributed by atoms with Gasteiger partial charge in [-0.15, -0.1) is 0 Å². The summed E-state index contributed by atoms with van der Waals surface area (Å²) < 4.78 is 31.4. The molecule has 1 aromatic carbocycles. The van der Waals surface area contributed by atoms with Gasteiger partial charge in [0.1, 0.15) is 12.4 Å². The van der Waals surface area contributed by atoms with E-state index in [0.717, 1.165) is 10.1 Å². The lowest BCUT2D eigenvalue weighted by Crippen LogP contribution is -2.07. The normalized spacial score (nSPS) is 12.7. The SMILES string of the molecule is CCC(O)c1ccc(OCc2nccn2C(F)F)cc1. The molecule has 0 aliphatic rings. The van der Waals surface area contributed by atoms with E-state index in [1.54, 1.807) is 24.3 Å². The van der Waals surface area contributed by atoms with Crippen molar-refractivity contribution in [3.05, 3.63) is 48.0 Å². The largest absolute Gasteiger partial charge is 0.486 e. The Labute approximate surface area is 115 Å². The van der Waals surface area contributed by atoms with Gasteiger partial charge in [0.25, 0.3) is 0 Å². The second-order valence-corrected chi connectivity index (χ2v) is 4.31. The van der Waals surface area contributed by atoms with Gasteiger partial charge in [-0.3, -0.25) is 4.57 Å². The zero-order valence-corrected chi connectivity index (χ0v) is 11.0. The van der Waals surface area contributed by atoms with Gasteiger partial charge in [-0.05, 0) is 24.1 Å². The number of hydrogen-bond donors (Lipinski definition) is 1. The summed E-state index contributed by atoms with van der Waals surface area (Å²) in [6.45, 7) is -0.773. The van der Waals surface area contributed by atoms with Crippen molar-refractivity contribution >= 4 is 0 Å². The molecule has 0 amide bonds. The lowest BCUT2D eigenvalue weighted by molar-refractivity contribution is 0.0632. The first-order valence-electron chi connectivity index (χ1n) is 6.32. The molecule has 0 saturated heterocycles. The molecule has 2 aromatic rings. The van der Waals surface area contributed by atoms with Gasteiger partial charge in [0.2, 0.25) is 0 Å². The Morgan fingerprint density at radius 1 is 1.30 bits per heavy atom. The number of ether oxygens (including phenoxy) is 1. The molecule has 6 heteroatoms. The maximum atomic E-state index is 12.6. The molecule has 0 spiro atoms. The highest BCUT2D eigenvalue weighted by atomic mass is 19.3. The monoisotopic (exact) mass is 282 g/mol. The summed E-state index contributed by atoms with van der Waals surface area (Å²) in [6.07, 6.45) is 2.66. The van der Waals surface area contributed by atoms with Crippen LogP contribution in [0.1, 0.15) is 37.4 Å². The number of aromatic nitrogens is 2. The van der Waals surface area contributed by atoms with E-state index in [-0.39, 0.29) is 12.4 Å². The summed E-state index contributed by atoms with van der Waals surface area (Å²) >= 11 is 0. The van der Waals surface area contributed by atoms with Crippen LogP contribution in [0.3, 0.4) is 0 Å². The van der Waals surface area contributed by atoms with Crippen LogP contribution in [0.15, 0.2) is 36.7 Å². The van der Waals surface area contributed by atoms with Crippen molar-refractivity contribution in [2.45, 2.75) is 32.6 Å². The number of hydrogen-bond acceptors (Lipinski definition) is 3. The summed E-state index contributed by atoms with van der Waals surface area (Å²) in [6, 6.07) is 6.90. The lowest BCUT2D eigenvalue weighted by atomic mass is 10.1. The number of alkyl halides is 2. The van der Waals surface area contributed by atoms with Crippen LogP contribution in [-0.2, 0) is 6.61 Å². The van der Waals surface area contributed by atoms with E-state index in [1.807, 2.05) is 6.92 Å². The molecule has 4 nitrogen and oxygen atoms in total. The maximum absolute atomic E-state index is 12.6. The minimum atomic E-state index is -2.63. The average Bonchev–Trinajstić information content (AvgIpc) is 2.93. The van der Waals surface area contributed by atoms with Crippen LogP contribution in [0.5, 0.6) is 5.75 Å². The molecule has 0 fully saturated rings. The Kier molecular flexibility index (Phi) is 4.68. The van der Waals surface area contributed by atoms with Gasteiger partial charge in [0.15, 0.2) is 5.82 Å². The second kappa shape index (κ2) is 6.47. The molecule has 1 aromatic heterocycles. The molecule has 2 rings (SSSR count). The number of aliphatic hydroxyl groups excluding tert-OH is 1. The van der Waals surface area contributed by atoms with Gasteiger partial charge in [-0.2, -0.15) is 8.78 Å². The van der Waals surface area contributed by atoms with E-state index in [9.17, 15) is 13.9 Å². The Bertz CT molecular complexity index is 540. The fourth-order valence-electron chi connectivity index (χ4n) is 1.80. The Hall–Kier alpha value is -1.95. The second-order valence-electron chi connectivity index (χ2n) is 4.31. The molecule has 0 aliphatic heterocycles. The van der Waals surface area contributed by atoms with Crippen LogP contribution in [0.2, 0.25) is 0 Å². The van der Waals surface area contributed by atoms with Crippen molar-refractivity contribution < 1.29 is 18.6 Å². The minimum Gasteiger partial charge on any atom is -0.486 e. The smallest absolute Gasteiger partial charge is 0.320 e. The summed E-state index contributed by atoms with van der Waals surface area (Å²) in [4.78, 5) is 3.83. The molecular formula is C14H16F2N2O2. The van der Waals surface area contributed by atoms with Crippen molar-refractivity contribution in [1.82, 2.24) is 9.55 Å². The minimum absolute atomic E-state index is 0.0347. The first-order chi connectivity index (χ1) is 9.61. The average molecular weight is 282 g/mol. The topological polar surface area (TPSA) is 47.3 Å². The third kappa shape index (κ3) is 3.33. The molecule has 1 atom stereocenters. The molecule has 20 heavy (non-hydrogen) atoms. The van der Waals surface area contributed by atoms with E-state index in [1.165, 1.54) is 12.4 Å². The fraction of sp³-hybridized carbons (Fsp3) is 0.357. The predicted molar refractivity (Wildman–Crippen MR) is 69.5 cm³/mol. The first kappa shape index (κ1) is 14.5. The van der Waals surface area contributed by atoms with Crippen LogP contribution in [0.25, 0.3) is 0 Å². The highest BCUT2D eigenvalue weighted by Gasteiger charge is 2.11. The third-order valence-corrected chi connectivity index (χ3v) is 2.98. The van der Waals surface area contributed by atoms with Gasteiger partial charge in [-0.1, -0.05) is 19.1 Å². The van der Waals surface area contributed by atoms with Gasteiger partial charge < -0.3 is 9.84 Å². The number of imidazole rings is 1. The zero-order valence-electron chi connectivity index (χ0n) is 11.0. The van der Waals surface area contributed by atoms with Crippen molar-refractivity contribution in [3.63, 3.8) is 0 Å². The first-order valence-corrected chi connectivity index (χ1v) is 6.32. The van der Waals surface area contributed by atoms with Gasteiger partial charge >= 0.3 is 6.55 Å². The van der Waals surface area contributed by atoms with Gasteiger partial charge in [0.05, 0.1) is 6.10 Å². The third-order valence-electron chi connectivity index (χ3n) is 2.98. The fourth-order valence-corrected chi connectivity index (χ4v) is 1.80. The van der Waals surface area contributed by atoms with Crippen LogP contribution in [-0.4, -0.2) is 14.7 Å². The van der Waals surface area contributed by atoms with E-state index in [0.29, 0.717) is 12.2 Å². The van der Waals surface area contributed by atoms with Crippen molar-refractivity contribution in [1.29, 1.82) is 0 Å². The van der Waals surface area contributed by atoms with Crippen molar-refractivity contribution in [2.75, 3.05) is 0 Å². The van der Waals surface area contributed by atoms with E-state index < -0.39 is 12.7 Å². The number of nitrogens with zero attached hydrogens (tertiary/aromatic N) is 2. The van der Waals surface area contributed by atoms with Crippen LogP contribution >= 0.6 is 0 Å². The van der Waals surface area contributed by atoms with E-state index in [4.69, 9.17) is 4.74 Å². The molecule has 0 aliphatic carbocycles. The highest BCUT2D eigenvalue weighted by molar-refractivity contribution is 5.28. The molecule has 0 saturated carbocycles. The zero-order chi connectivity index (χ0) is 14.5. The van der Waals surface area contributed by atoms with Crippen LogP contribution < -0.4 is 4.74 Å². The van der Waals surface area contributed by atoms with Crippen molar-refractivity contribution in [2.24, 2.45) is 0 Å². The van der Waals surface area contributed by atoms with Gasteiger partial charge in [-0.25, -0.2) is 4.98 Å². The Morgan fingerprint density at radius 3 is 2.60 bits per heavy atom. The van der Waals surface area contributed by atoms with E-state index >= 15 is 0 Å². The molecule has 108 valence electrons. The summed E-state index contributed by atoms with van der Waals surface area (Å²) in [5.41, 5.74) is 0.800. The number of aliphatic hydroxyl groups is 1. The maximum Gasteiger partial charge on any atom is 0.320 e.